The number of hydrogen-bond donors (Lipinski definition) is 1. The molecule has 1 aliphatic heterocycles. The molecule has 0 unspecified atom stereocenters. The minimum atomic E-state index is -0.398. The van der Waals surface area contributed by atoms with E-state index in [1.807, 2.05) is 12.1 Å². The number of aromatic nitrogens is 2. The zero-order valence-electron chi connectivity index (χ0n) is 14.1. The van der Waals surface area contributed by atoms with Crippen molar-refractivity contribution in [3.8, 4) is 0 Å². The van der Waals surface area contributed by atoms with Crippen molar-refractivity contribution in [2.24, 2.45) is 0 Å². The van der Waals surface area contributed by atoms with E-state index in [0.29, 0.717) is 23.1 Å². The number of halogens is 1. The van der Waals surface area contributed by atoms with Gasteiger partial charge in [0.2, 0.25) is 5.95 Å². The molecule has 0 saturated carbocycles. The first-order valence-corrected chi connectivity index (χ1v) is 8.83. The molecule has 2 aromatic rings. The molecule has 1 N–H and O–H groups in total. The number of rotatable bonds is 5. The molecule has 2 heterocycles. The van der Waals surface area contributed by atoms with Gasteiger partial charge in [-0.1, -0.05) is 11.6 Å². The maximum absolute atomic E-state index is 11.9. The van der Waals surface area contributed by atoms with Crippen LogP contribution in [0.4, 0.5) is 11.6 Å². The van der Waals surface area contributed by atoms with Gasteiger partial charge in [0, 0.05) is 24.6 Å². The summed E-state index contributed by atoms with van der Waals surface area (Å²) < 4.78 is 5.03. The third-order valence-corrected chi connectivity index (χ3v) is 4.46. The zero-order chi connectivity index (χ0) is 17.6. The van der Waals surface area contributed by atoms with Crippen LogP contribution in [0.25, 0.3) is 0 Å². The molecular formula is C18H21ClN4O2. The standard InChI is InChI=1S/C18H21ClN4O2/c1-2-25-17(24)14-8-7-13(12-15(14)19)23-11-4-3-6-16(23)22-18-20-9-5-10-21-18/h5,7-10,12,16H,2-4,6,11H2,1H3,(H,20,21,22)/t16-/m0/s1. The molecule has 1 atom stereocenters. The van der Waals surface area contributed by atoms with Gasteiger partial charge in [-0.15, -0.1) is 0 Å². The molecule has 1 saturated heterocycles. The van der Waals surface area contributed by atoms with E-state index in [0.717, 1.165) is 31.5 Å². The van der Waals surface area contributed by atoms with E-state index < -0.39 is 5.97 Å². The summed E-state index contributed by atoms with van der Waals surface area (Å²) in [6, 6.07) is 7.24. The summed E-state index contributed by atoms with van der Waals surface area (Å²) in [5.74, 6) is 0.207. The van der Waals surface area contributed by atoms with Crippen LogP contribution in [0.15, 0.2) is 36.7 Å². The second-order valence-corrected chi connectivity index (χ2v) is 6.21. The molecule has 1 aliphatic rings. The topological polar surface area (TPSA) is 67.3 Å². The number of piperidine rings is 1. The van der Waals surface area contributed by atoms with E-state index in [9.17, 15) is 4.79 Å². The Bertz CT molecular complexity index is 726. The molecule has 1 aromatic carbocycles. The Labute approximate surface area is 152 Å². The molecule has 0 aliphatic carbocycles. The summed E-state index contributed by atoms with van der Waals surface area (Å²) in [4.78, 5) is 22.6. The second-order valence-electron chi connectivity index (χ2n) is 5.81. The van der Waals surface area contributed by atoms with E-state index in [2.05, 4.69) is 20.2 Å². The molecule has 0 bridgehead atoms. The van der Waals surface area contributed by atoms with E-state index in [-0.39, 0.29) is 6.17 Å². The average Bonchev–Trinajstić information content (AvgIpc) is 2.63. The van der Waals surface area contributed by atoms with Gasteiger partial charge in [0.15, 0.2) is 0 Å². The quantitative estimate of drug-likeness (QED) is 0.819. The molecule has 0 radical (unpaired) electrons. The van der Waals surface area contributed by atoms with Gasteiger partial charge in [0.1, 0.15) is 6.17 Å². The molecule has 25 heavy (non-hydrogen) atoms. The van der Waals surface area contributed by atoms with Gasteiger partial charge in [-0.3, -0.25) is 0 Å². The first kappa shape index (κ1) is 17.5. The van der Waals surface area contributed by atoms with Crippen molar-refractivity contribution in [1.29, 1.82) is 0 Å². The van der Waals surface area contributed by atoms with Crippen molar-refractivity contribution in [3.63, 3.8) is 0 Å². The van der Waals surface area contributed by atoms with E-state index in [1.54, 1.807) is 31.5 Å². The van der Waals surface area contributed by atoms with Gasteiger partial charge in [-0.2, -0.15) is 0 Å². The summed E-state index contributed by atoms with van der Waals surface area (Å²) in [6.07, 6.45) is 6.73. The fourth-order valence-electron chi connectivity index (χ4n) is 2.97. The highest BCUT2D eigenvalue weighted by Crippen LogP contribution is 2.29. The molecule has 3 rings (SSSR count). The lowest BCUT2D eigenvalue weighted by Crippen LogP contribution is -2.45. The van der Waals surface area contributed by atoms with Crippen LogP contribution in [0.2, 0.25) is 5.02 Å². The Balaban J connectivity index is 1.80. The van der Waals surface area contributed by atoms with E-state index in [1.165, 1.54) is 0 Å². The van der Waals surface area contributed by atoms with Crippen molar-refractivity contribution in [2.45, 2.75) is 32.4 Å². The molecule has 7 heteroatoms. The number of benzene rings is 1. The maximum Gasteiger partial charge on any atom is 0.339 e. The smallest absolute Gasteiger partial charge is 0.339 e. The third-order valence-electron chi connectivity index (χ3n) is 4.14. The largest absolute Gasteiger partial charge is 0.462 e. The minimum absolute atomic E-state index is 0.0839. The first-order valence-electron chi connectivity index (χ1n) is 8.46. The lowest BCUT2D eigenvalue weighted by molar-refractivity contribution is 0.0526. The van der Waals surface area contributed by atoms with Crippen molar-refractivity contribution < 1.29 is 9.53 Å². The van der Waals surface area contributed by atoms with Crippen LogP contribution >= 0.6 is 11.6 Å². The SMILES string of the molecule is CCOC(=O)c1ccc(N2CCCC[C@H]2Nc2ncccn2)cc1Cl. The van der Waals surface area contributed by atoms with Crippen LogP contribution in [-0.2, 0) is 4.74 Å². The van der Waals surface area contributed by atoms with Crippen LogP contribution in [0.5, 0.6) is 0 Å². The molecule has 1 aromatic heterocycles. The number of ether oxygens (including phenoxy) is 1. The van der Waals surface area contributed by atoms with E-state index >= 15 is 0 Å². The highest BCUT2D eigenvalue weighted by Gasteiger charge is 2.24. The summed E-state index contributed by atoms with van der Waals surface area (Å²) in [5, 5.41) is 3.77. The van der Waals surface area contributed by atoms with Crippen LogP contribution < -0.4 is 10.2 Å². The molecular weight excluding hydrogens is 340 g/mol. The fraction of sp³-hybridized carbons (Fsp3) is 0.389. The van der Waals surface area contributed by atoms with Crippen molar-refractivity contribution in [3.05, 3.63) is 47.2 Å². The lowest BCUT2D eigenvalue weighted by Gasteiger charge is -2.38. The number of esters is 1. The fourth-order valence-corrected chi connectivity index (χ4v) is 3.22. The maximum atomic E-state index is 11.9. The van der Waals surface area contributed by atoms with Crippen LogP contribution in [0, 0.1) is 0 Å². The highest BCUT2D eigenvalue weighted by molar-refractivity contribution is 6.33. The minimum Gasteiger partial charge on any atom is -0.462 e. The van der Waals surface area contributed by atoms with Gasteiger partial charge in [0.05, 0.1) is 17.2 Å². The summed E-state index contributed by atoms with van der Waals surface area (Å²) in [5.41, 5.74) is 1.35. The predicted molar refractivity (Wildman–Crippen MR) is 98.0 cm³/mol. The second kappa shape index (κ2) is 8.16. The first-order chi connectivity index (χ1) is 12.2. The summed E-state index contributed by atoms with van der Waals surface area (Å²) >= 11 is 6.31. The van der Waals surface area contributed by atoms with Crippen LogP contribution in [0.3, 0.4) is 0 Å². The molecule has 1 fully saturated rings. The number of nitrogens with zero attached hydrogens (tertiary/aromatic N) is 3. The van der Waals surface area contributed by atoms with Crippen molar-refractivity contribution in [2.75, 3.05) is 23.4 Å². The Morgan fingerprint density at radius 1 is 1.36 bits per heavy atom. The van der Waals surface area contributed by atoms with Crippen LogP contribution in [0.1, 0.15) is 36.5 Å². The Morgan fingerprint density at radius 2 is 2.16 bits per heavy atom. The highest BCUT2D eigenvalue weighted by atomic mass is 35.5. The molecule has 0 spiro atoms. The van der Waals surface area contributed by atoms with Gasteiger partial charge in [-0.25, -0.2) is 14.8 Å². The molecule has 132 valence electrons. The van der Waals surface area contributed by atoms with E-state index in [4.69, 9.17) is 16.3 Å². The Morgan fingerprint density at radius 3 is 2.88 bits per heavy atom. The number of nitrogens with one attached hydrogen (secondary N) is 1. The Kier molecular flexibility index (Phi) is 5.71. The normalized spacial score (nSPS) is 17.2. The zero-order valence-corrected chi connectivity index (χ0v) is 14.9. The monoisotopic (exact) mass is 360 g/mol. The number of carbonyl (C=O) groups is 1. The van der Waals surface area contributed by atoms with Crippen LogP contribution in [-0.4, -0.2) is 35.3 Å². The summed E-state index contributed by atoms with van der Waals surface area (Å²) in [6.45, 7) is 3.00. The Hall–Kier alpha value is -2.34. The number of carbonyl (C=O) groups excluding carboxylic acids is 1. The van der Waals surface area contributed by atoms with Crippen molar-refractivity contribution in [1.82, 2.24) is 9.97 Å². The van der Waals surface area contributed by atoms with Gasteiger partial charge in [-0.05, 0) is 50.5 Å². The number of anilines is 2. The van der Waals surface area contributed by atoms with Gasteiger partial charge >= 0.3 is 5.97 Å². The predicted octanol–water partition coefficient (Wildman–Crippen LogP) is 3.74. The molecule has 0 amide bonds. The molecule has 6 nitrogen and oxygen atoms in total. The van der Waals surface area contributed by atoms with Crippen molar-refractivity contribution >= 4 is 29.2 Å². The van der Waals surface area contributed by atoms with Gasteiger partial charge in [0.25, 0.3) is 0 Å². The third kappa shape index (κ3) is 4.20. The summed E-state index contributed by atoms with van der Waals surface area (Å²) in [7, 11) is 0. The average molecular weight is 361 g/mol. The number of hydrogen-bond acceptors (Lipinski definition) is 6. The lowest BCUT2D eigenvalue weighted by atomic mass is 10.1. The van der Waals surface area contributed by atoms with Gasteiger partial charge < -0.3 is 15.0 Å².